The van der Waals surface area contributed by atoms with E-state index >= 15 is 0 Å². The van der Waals surface area contributed by atoms with E-state index in [1.54, 1.807) is 29.4 Å². The average Bonchev–Trinajstić information content (AvgIpc) is 3.29. The molecule has 0 spiro atoms. The zero-order chi connectivity index (χ0) is 19.0. The number of rotatable bonds is 3. The Labute approximate surface area is 158 Å². The summed E-state index contributed by atoms with van der Waals surface area (Å²) >= 11 is 0. The van der Waals surface area contributed by atoms with Crippen LogP contribution in [0.25, 0.3) is 5.76 Å². The van der Waals surface area contributed by atoms with E-state index in [1.165, 1.54) is 0 Å². The Morgan fingerprint density at radius 2 is 1.81 bits per heavy atom. The highest BCUT2D eigenvalue weighted by atomic mass is 16.3. The van der Waals surface area contributed by atoms with Gasteiger partial charge in [-0.15, -0.1) is 0 Å². The maximum atomic E-state index is 12.9. The number of hydrogen-bond acceptors (Lipinski definition) is 4. The number of benzene rings is 1. The molecule has 5 nitrogen and oxygen atoms in total. The number of carbonyl (C=O) groups excluding carboxylic acids is 2. The summed E-state index contributed by atoms with van der Waals surface area (Å²) in [6, 6.07) is 10.6. The van der Waals surface area contributed by atoms with Gasteiger partial charge >= 0.3 is 0 Å². The monoisotopic (exact) mass is 362 g/mol. The van der Waals surface area contributed by atoms with E-state index in [4.69, 9.17) is 0 Å². The van der Waals surface area contributed by atoms with Crippen LogP contribution in [0.3, 0.4) is 0 Å². The number of carbonyl (C=O) groups is 2. The Hall–Kier alpha value is -2.95. The fraction of sp³-hybridized carbons (Fsp3) is 0.318. The lowest BCUT2D eigenvalue weighted by atomic mass is 9.94. The van der Waals surface area contributed by atoms with Crippen molar-refractivity contribution in [3.05, 3.63) is 71.1 Å². The van der Waals surface area contributed by atoms with Gasteiger partial charge in [0.05, 0.1) is 11.6 Å². The van der Waals surface area contributed by atoms with Gasteiger partial charge < -0.3 is 10.0 Å². The first-order valence-electron chi connectivity index (χ1n) is 9.35. The number of aliphatic hydroxyl groups excluding tert-OH is 1. The largest absolute Gasteiger partial charge is 0.507 e. The average molecular weight is 362 g/mol. The molecule has 5 heteroatoms. The Bertz CT molecular complexity index is 914. The molecule has 0 bridgehead atoms. The van der Waals surface area contributed by atoms with Crippen LogP contribution in [0.5, 0.6) is 0 Å². The van der Waals surface area contributed by atoms with E-state index in [9.17, 15) is 14.7 Å². The van der Waals surface area contributed by atoms with Crippen LogP contribution in [0, 0.1) is 6.92 Å². The second kappa shape index (κ2) is 6.99. The van der Waals surface area contributed by atoms with Gasteiger partial charge in [-0.3, -0.25) is 14.6 Å². The predicted molar refractivity (Wildman–Crippen MR) is 102 cm³/mol. The van der Waals surface area contributed by atoms with Crippen molar-refractivity contribution in [2.75, 3.05) is 0 Å². The molecular formula is C22H22N2O3. The zero-order valence-electron chi connectivity index (χ0n) is 15.3. The van der Waals surface area contributed by atoms with Crippen LogP contribution < -0.4 is 0 Å². The van der Waals surface area contributed by atoms with Gasteiger partial charge in [-0.2, -0.15) is 0 Å². The highest BCUT2D eigenvalue weighted by Crippen LogP contribution is 2.43. The second-order valence-electron chi connectivity index (χ2n) is 7.29. The van der Waals surface area contributed by atoms with Crippen LogP contribution in [0.1, 0.15) is 48.4 Å². The van der Waals surface area contributed by atoms with Crippen molar-refractivity contribution in [3.63, 3.8) is 0 Å². The lowest BCUT2D eigenvalue weighted by Crippen LogP contribution is -2.37. The van der Waals surface area contributed by atoms with Crippen molar-refractivity contribution in [1.29, 1.82) is 0 Å². The van der Waals surface area contributed by atoms with Crippen LogP contribution in [-0.4, -0.2) is 32.7 Å². The third-order valence-corrected chi connectivity index (χ3v) is 5.51. The molecule has 1 aliphatic carbocycles. The van der Waals surface area contributed by atoms with Gasteiger partial charge in [-0.25, -0.2) is 0 Å². The molecule has 2 heterocycles. The molecule has 1 unspecified atom stereocenters. The van der Waals surface area contributed by atoms with Crippen molar-refractivity contribution in [2.24, 2.45) is 0 Å². The molecule has 27 heavy (non-hydrogen) atoms. The van der Waals surface area contributed by atoms with Gasteiger partial charge in [-0.1, -0.05) is 42.7 Å². The van der Waals surface area contributed by atoms with Crippen molar-refractivity contribution >= 4 is 17.4 Å². The summed E-state index contributed by atoms with van der Waals surface area (Å²) in [5, 5.41) is 10.9. The van der Waals surface area contributed by atoms with Gasteiger partial charge in [0.2, 0.25) is 0 Å². The Kier molecular flexibility index (Phi) is 4.52. The first-order chi connectivity index (χ1) is 13.1. The highest BCUT2D eigenvalue weighted by molar-refractivity contribution is 6.46. The van der Waals surface area contributed by atoms with Crippen LogP contribution in [0.15, 0.2) is 54.4 Å². The normalized spacial score (nSPS) is 22.6. The van der Waals surface area contributed by atoms with Crippen molar-refractivity contribution in [2.45, 2.75) is 44.7 Å². The number of hydrogen-bond donors (Lipinski definition) is 1. The lowest BCUT2D eigenvalue weighted by molar-refractivity contribution is -0.141. The molecule has 1 atom stereocenters. The minimum absolute atomic E-state index is 0.0368. The number of nitrogens with zero attached hydrogens (tertiary/aromatic N) is 2. The summed E-state index contributed by atoms with van der Waals surface area (Å²) in [6.45, 7) is 1.98. The smallest absolute Gasteiger partial charge is 0.295 e. The molecule has 2 aliphatic rings. The molecular weight excluding hydrogens is 340 g/mol. The van der Waals surface area contributed by atoms with Gasteiger partial charge in [0.15, 0.2) is 0 Å². The first-order valence-corrected chi connectivity index (χ1v) is 9.35. The Morgan fingerprint density at radius 1 is 1.11 bits per heavy atom. The number of Topliss-reactive ketones (excluding diaryl/α,β-unsaturated/α-hetero) is 1. The highest BCUT2D eigenvalue weighted by Gasteiger charge is 2.49. The van der Waals surface area contributed by atoms with E-state index in [1.807, 2.05) is 31.2 Å². The zero-order valence-corrected chi connectivity index (χ0v) is 15.3. The predicted octanol–water partition coefficient (Wildman–Crippen LogP) is 3.75. The van der Waals surface area contributed by atoms with E-state index in [2.05, 4.69) is 4.98 Å². The van der Waals surface area contributed by atoms with E-state index in [0.29, 0.717) is 5.56 Å². The first kappa shape index (κ1) is 17.5. The van der Waals surface area contributed by atoms with Crippen molar-refractivity contribution in [1.82, 2.24) is 9.88 Å². The molecule has 1 amide bonds. The summed E-state index contributed by atoms with van der Waals surface area (Å²) in [5.74, 6) is -1.26. The molecule has 0 radical (unpaired) electrons. The molecule has 1 aromatic heterocycles. The molecule has 2 fully saturated rings. The molecule has 4 rings (SSSR count). The van der Waals surface area contributed by atoms with E-state index in [-0.39, 0.29) is 17.4 Å². The Morgan fingerprint density at radius 3 is 2.48 bits per heavy atom. The number of aromatic nitrogens is 1. The minimum atomic E-state index is -0.609. The summed E-state index contributed by atoms with van der Waals surface area (Å²) < 4.78 is 0. The number of pyridine rings is 1. The van der Waals surface area contributed by atoms with Crippen LogP contribution in [0.2, 0.25) is 0 Å². The van der Waals surface area contributed by atoms with Gasteiger partial charge in [0.25, 0.3) is 11.7 Å². The van der Waals surface area contributed by atoms with Gasteiger partial charge in [-0.05, 0) is 37.5 Å². The fourth-order valence-electron chi connectivity index (χ4n) is 4.24. The molecule has 2 aromatic rings. The summed E-state index contributed by atoms with van der Waals surface area (Å²) in [4.78, 5) is 31.5. The molecule has 1 saturated carbocycles. The third kappa shape index (κ3) is 3.03. The maximum Gasteiger partial charge on any atom is 0.295 e. The SMILES string of the molecule is Cc1cccc(C2/C(=C(/O)c3ccncc3)C(=O)C(=O)N2C2CCCC2)c1. The number of likely N-dealkylation sites (tertiary alicyclic amines) is 1. The molecule has 1 aliphatic heterocycles. The third-order valence-electron chi connectivity index (χ3n) is 5.51. The second-order valence-corrected chi connectivity index (χ2v) is 7.29. The van der Waals surface area contributed by atoms with Gasteiger partial charge in [0.1, 0.15) is 5.76 Å². The minimum Gasteiger partial charge on any atom is -0.507 e. The van der Waals surface area contributed by atoms with Gasteiger partial charge in [0, 0.05) is 24.0 Å². The molecule has 138 valence electrons. The topological polar surface area (TPSA) is 70.5 Å². The number of aryl methyl sites for hydroxylation is 1. The summed E-state index contributed by atoms with van der Waals surface area (Å²) in [7, 11) is 0. The van der Waals surface area contributed by atoms with E-state index < -0.39 is 17.7 Å². The number of amides is 1. The van der Waals surface area contributed by atoms with Crippen LogP contribution >= 0.6 is 0 Å². The lowest BCUT2D eigenvalue weighted by Gasteiger charge is -2.31. The molecule has 1 N–H and O–H groups in total. The number of ketones is 1. The summed E-state index contributed by atoms with van der Waals surface area (Å²) in [6.07, 6.45) is 7.01. The van der Waals surface area contributed by atoms with Crippen molar-refractivity contribution in [3.8, 4) is 0 Å². The van der Waals surface area contributed by atoms with Crippen LogP contribution in [0.4, 0.5) is 0 Å². The quantitative estimate of drug-likeness (QED) is 0.513. The summed E-state index contributed by atoms with van der Waals surface area (Å²) in [5.41, 5.74) is 2.57. The standard InChI is InChI=1S/C22H22N2O3/c1-14-5-4-6-16(13-14)19-18(20(25)15-9-11-23-12-10-15)21(26)22(27)24(19)17-7-2-3-8-17/h4-6,9-13,17,19,25H,2-3,7-8H2,1H3/b20-18-. The molecule has 1 saturated heterocycles. The maximum absolute atomic E-state index is 12.9. The van der Waals surface area contributed by atoms with Crippen LogP contribution in [-0.2, 0) is 9.59 Å². The van der Waals surface area contributed by atoms with Crippen molar-refractivity contribution < 1.29 is 14.7 Å². The Balaban J connectivity index is 1.90. The number of aliphatic hydroxyl groups is 1. The molecule has 1 aromatic carbocycles. The fourth-order valence-corrected chi connectivity index (χ4v) is 4.24. The van der Waals surface area contributed by atoms with E-state index in [0.717, 1.165) is 36.8 Å².